The monoisotopic (exact) mass is 484 g/mol. The van der Waals surface area contributed by atoms with Crippen LogP contribution in [0.1, 0.15) is 40.5 Å². The number of nitriles is 2. The summed E-state index contributed by atoms with van der Waals surface area (Å²) in [6, 6.07) is 11.2. The number of nitrogens with zero attached hydrogens (tertiary/aromatic N) is 3. The van der Waals surface area contributed by atoms with Crippen LogP contribution in [0.2, 0.25) is 0 Å². The van der Waals surface area contributed by atoms with E-state index in [1.165, 1.54) is 11.8 Å². The van der Waals surface area contributed by atoms with Crippen LogP contribution in [0.4, 0.5) is 11.4 Å². The van der Waals surface area contributed by atoms with Crippen LogP contribution in [-0.2, 0) is 14.4 Å². The van der Waals surface area contributed by atoms with Gasteiger partial charge >= 0.3 is 0 Å². The number of carbonyl (C=O) groups is 3. The molecule has 0 radical (unpaired) electrons. The fourth-order valence-electron chi connectivity index (χ4n) is 3.42. The Labute approximate surface area is 205 Å². The molecule has 0 aromatic heterocycles. The topological polar surface area (TPSA) is 138 Å². The Morgan fingerprint density at radius 2 is 1.94 bits per heavy atom. The number of hydrogen-bond acceptors (Lipinski definition) is 7. The van der Waals surface area contributed by atoms with Crippen molar-refractivity contribution in [2.75, 3.05) is 30.3 Å². The smallest absolute Gasteiger partial charge is 0.238 e. The highest BCUT2D eigenvalue weighted by atomic mass is 32.2. The van der Waals surface area contributed by atoms with E-state index in [1.54, 1.807) is 4.90 Å². The lowest BCUT2D eigenvalue weighted by molar-refractivity contribution is -0.131. The van der Waals surface area contributed by atoms with E-state index in [0.717, 1.165) is 5.69 Å². The Kier molecular flexibility index (Phi) is 9.76. The number of benzene rings is 1. The maximum Gasteiger partial charge on any atom is 0.238 e. The first-order valence-electron chi connectivity index (χ1n) is 11.3. The van der Waals surface area contributed by atoms with Gasteiger partial charge in [-0.1, -0.05) is 26.8 Å². The molecule has 0 saturated carbocycles. The molecule has 1 aromatic rings. The molecule has 3 N–H and O–H groups in total. The van der Waals surface area contributed by atoms with E-state index in [9.17, 15) is 19.6 Å². The summed E-state index contributed by atoms with van der Waals surface area (Å²) in [6.45, 7) is 8.32. The fraction of sp³-hybridized carbons (Fsp3) is 0.542. The fourth-order valence-corrected chi connectivity index (χ4v) is 5.01. The highest BCUT2D eigenvalue weighted by Gasteiger charge is 2.40. The van der Waals surface area contributed by atoms with Crippen LogP contribution in [0, 0.1) is 34.0 Å². The molecular formula is C24H32N6O3S. The first kappa shape index (κ1) is 27.0. The third-order valence-corrected chi connectivity index (χ3v) is 6.88. The summed E-state index contributed by atoms with van der Waals surface area (Å²) in [5.74, 6) is -1.48. The van der Waals surface area contributed by atoms with Gasteiger partial charge < -0.3 is 20.9 Å². The number of thioether (sulfide) groups is 1. The third kappa shape index (κ3) is 7.39. The maximum absolute atomic E-state index is 12.9. The van der Waals surface area contributed by atoms with Gasteiger partial charge in [-0.3, -0.25) is 14.4 Å². The van der Waals surface area contributed by atoms with Crippen molar-refractivity contribution in [3.63, 3.8) is 0 Å². The first-order valence-corrected chi connectivity index (χ1v) is 12.2. The molecule has 0 bridgehead atoms. The Bertz CT molecular complexity index is 978. The molecule has 0 spiro atoms. The second-order valence-electron chi connectivity index (χ2n) is 9.00. The number of amides is 3. The molecule has 1 aliphatic rings. The van der Waals surface area contributed by atoms with Crippen LogP contribution < -0.4 is 16.0 Å². The van der Waals surface area contributed by atoms with Gasteiger partial charge in [0.25, 0.3) is 0 Å². The zero-order valence-corrected chi connectivity index (χ0v) is 20.9. The minimum absolute atomic E-state index is 0.000357. The molecule has 34 heavy (non-hydrogen) atoms. The summed E-state index contributed by atoms with van der Waals surface area (Å²) in [4.78, 5) is 38.9. The molecule has 0 aliphatic carbocycles. The number of anilines is 2. The summed E-state index contributed by atoms with van der Waals surface area (Å²) in [7, 11) is 0. The van der Waals surface area contributed by atoms with Crippen molar-refractivity contribution in [1.82, 2.24) is 10.2 Å². The molecule has 182 valence electrons. The number of nitrogens with one attached hydrogen (secondary N) is 3. The Balaban J connectivity index is 1.93. The van der Waals surface area contributed by atoms with Gasteiger partial charge in [-0.2, -0.15) is 10.5 Å². The van der Waals surface area contributed by atoms with Crippen molar-refractivity contribution in [3.05, 3.63) is 24.3 Å². The zero-order chi connectivity index (χ0) is 25.3. The van der Waals surface area contributed by atoms with Gasteiger partial charge in [0.2, 0.25) is 17.7 Å². The molecule has 2 rings (SSSR count). The minimum Gasteiger partial charge on any atom is -0.385 e. The Morgan fingerprint density at radius 1 is 1.24 bits per heavy atom. The van der Waals surface area contributed by atoms with Gasteiger partial charge in [-0.25, -0.2) is 0 Å². The number of hydrogen-bond donors (Lipinski definition) is 3. The van der Waals surface area contributed by atoms with Gasteiger partial charge in [-0.05, 0) is 31.5 Å². The molecule has 1 saturated heterocycles. The van der Waals surface area contributed by atoms with Crippen LogP contribution in [0.15, 0.2) is 24.3 Å². The standard InChI is InChI=1S/C24H32N6O3S/c1-5-30-20(13-16(15-26)21(31)28-12-10-25)34-19(22(30)32)9-11-27-17-7-6-8-18(14-17)29-23(33)24(2,3)4/h6-8,14,16,19-20,27H,5,9,11-13H2,1-4H3,(H,28,31)(H,29,33). The SMILES string of the molecule is CCN1C(=O)C(CCNc2cccc(NC(=O)C(C)(C)C)c2)SC1CC(C#N)C(=O)NCC#N. The van der Waals surface area contributed by atoms with Crippen LogP contribution >= 0.6 is 11.8 Å². The largest absolute Gasteiger partial charge is 0.385 e. The molecule has 3 atom stereocenters. The van der Waals surface area contributed by atoms with Gasteiger partial charge in [0, 0.05) is 36.3 Å². The highest BCUT2D eigenvalue weighted by molar-refractivity contribution is 8.01. The van der Waals surface area contributed by atoms with E-state index in [0.29, 0.717) is 25.2 Å². The molecule has 1 aliphatic heterocycles. The summed E-state index contributed by atoms with van der Waals surface area (Å²) in [6.07, 6.45) is 0.796. The number of carbonyl (C=O) groups excluding carboxylic acids is 3. The average molecular weight is 485 g/mol. The second kappa shape index (κ2) is 12.3. The van der Waals surface area contributed by atoms with Crippen molar-refractivity contribution in [1.29, 1.82) is 10.5 Å². The summed E-state index contributed by atoms with van der Waals surface area (Å²) >= 11 is 1.47. The Morgan fingerprint density at radius 3 is 2.56 bits per heavy atom. The molecule has 3 unspecified atom stereocenters. The van der Waals surface area contributed by atoms with Crippen molar-refractivity contribution >= 4 is 40.9 Å². The van der Waals surface area contributed by atoms with Gasteiger partial charge in [0.1, 0.15) is 12.5 Å². The third-order valence-electron chi connectivity index (χ3n) is 5.36. The molecule has 1 heterocycles. The minimum atomic E-state index is -0.921. The van der Waals surface area contributed by atoms with Crippen LogP contribution in [0.3, 0.4) is 0 Å². The zero-order valence-electron chi connectivity index (χ0n) is 20.1. The van der Waals surface area contributed by atoms with Crippen molar-refractivity contribution < 1.29 is 14.4 Å². The molecular weight excluding hydrogens is 452 g/mol. The van der Waals surface area contributed by atoms with E-state index < -0.39 is 17.2 Å². The molecule has 1 aromatic carbocycles. The van der Waals surface area contributed by atoms with Gasteiger partial charge in [0.15, 0.2) is 0 Å². The van der Waals surface area contributed by atoms with Crippen LogP contribution in [-0.4, -0.2) is 52.9 Å². The lowest BCUT2D eigenvalue weighted by Crippen LogP contribution is -2.38. The lowest BCUT2D eigenvalue weighted by atomic mass is 9.95. The summed E-state index contributed by atoms with van der Waals surface area (Å²) in [5.41, 5.74) is 1.04. The molecule has 10 heteroatoms. The van der Waals surface area contributed by atoms with Crippen LogP contribution in [0.5, 0.6) is 0 Å². The van der Waals surface area contributed by atoms with Crippen molar-refractivity contribution in [2.24, 2.45) is 11.3 Å². The molecule has 9 nitrogen and oxygen atoms in total. The Hall–Kier alpha value is -3.24. The average Bonchev–Trinajstić information content (AvgIpc) is 3.09. The van der Waals surface area contributed by atoms with E-state index >= 15 is 0 Å². The normalized spacial score (nSPS) is 18.5. The van der Waals surface area contributed by atoms with Gasteiger partial charge in [0.05, 0.1) is 22.8 Å². The number of rotatable bonds is 10. The van der Waals surface area contributed by atoms with Crippen molar-refractivity contribution in [2.45, 2.75) is 51.2 Å². The van der Waals surface area contributed by atoms with Crippen LogP contribution in [0.25, 0.3) is 0 Å². The molecule has 1 fully saturated rings. The summed E-state index contributed by atoms with van der Waals surface area (Å²) < 4.78 is 0. The predicted octanol–water partition coefficient (Wildman–Crippen LogP) is 2.93. The van der Waals surface area contributed by atoms with E-state index in [1.807, 2.05) is 64.1 Å². The van der Waals surface area contributed by atoms with E-state index in [-0.39, 0.29) is 35.4 Å². The second-order valence-corrected chi connectivity index (χ2v) is 10.4. The first-order chi connectivity index (χ1) is 16.1. The van der Waals surface area contributed by atoms with Gasteiger partial charge in [-0.15, -0.1) is 11.8 Å². The van der Waals surface area contributed by atoms with Crippen molar-refractivity contribution in [3.8, 4) is 12.1 Å². The van der Waals surface area contributed by atoms with E-state index in [4.69, 9.17) is 5.26 Å². The predicted molar refractivity (Wildman–Crippen MR) is 133 cm³/mol. The highest BCUT2D eigenvalue weighted by Crippen LogP contribution is 2.37. The van der Waals surface area contributed by atoms with E-state index in [2.05, 4.69) is 16.0 Å². The lowest BCUT2D eigenvalue weighted by Gasteiger charge is -2.23. The quantitative estimate of drug-likeness (QED) is 0.434. The maximum atomic E-state index is 12.9. The summed E-state index contributed by atoms with van der Waals surface area (Å²) in [5, 5.41) is 26.1. The molecule has 3 amide bonds.